The van der Waals surface area contributed by atoms with Gasteiger partial charge in [0, 0.05) is 17.8 Å². The smallest absolute Gasteiger partial charge is 0.322 e. The molecule has 0 bridgehead atoms. The third-order valence-electron chi connectivity index (χ3n) is 2.37. The minimum Gasteiger partial charge on any atom is -0.468 e. The Balaban J connectivity index is 2.48. The van der Waals surface area contributed by atoms with Gasteiger partial charge < -0.3 is 10.1 Å². The number of carbonyl (C=O) groups is 1. The maximum atomic E-state index is 11.3. The number of hydrogen-bond donors (Lipinski definition) is 2. The van der Waals surface area contributed by atoms with E-state index in [2.05, 4.69) is 20.3 Å². The van der Waals surface area contributed by atoms with Crippen molar-refractivity contribution in [2.45, 2.75) is 32.9 Å². The monoisotopic (exact) mass is 211 g/mol. The third kappa shape index (κ3) is 3.06. The second kappa shape index (κ2) is 5.50. The summed E-state index contributed by atoms with van der Waals surface area (Å²) in [6.45, 7) is 4.51. The highest BCUT2D eigenvalue weighted by atomic mass is 16.5. The molecule has 0 fully saturated rings. The molecule has 1 atom stereocenters. The number of hydrogen-bond acceptors (Lipinski definition) is 4. The highest BCUT2D eigenvalue weighted by Crippen LogP contribution is 2.03. The molecule has 84 valence electrons. The summed E-state index contributed by atoms with van der Waals surface area (Å²) in [6, 6.07) is -0.246. The quantitative estimate of drug-likeness (QED) is 0.706. The van der Waals surface area contributed by atoms with Gasteiger partial charge in [0.1, 0.15) is 6.04 Å². The van der Waals surface area contributed by atoms with E-state index < -0.39 is 0 Å². The van der Waals surface area contributed by atoms with Crippen molar-refractivity contribution < 1.29 is 9.53 Å². The Kier molecular flexibility index (Phi) is 4.30. The van der Waals surface area contributed by atoms with Crippen LogP contribution in [0.2, 0.25) is 0 Å². The Labute approximate surface area is 89.2 Å². The topological polar surface area (TPSA) is 67.0 Å². The van der Waals surface area contributed by atoms with Crippen LogP contribution in [0.25, 0.3) is 0 Å². The Morgan fingerprint density at radius 3 is 2.93 bits per heavy atom. The number of nitrogens with one attached hydrogen (secondary N) is 2. The highest BCUT2D eigenvalue weighted by molar-refractivity contribution is 5.75. The SMILES string of the molecule is CCC(NCc1cn[nH]c1C)C(=O)OC. The van der Waals surface area contributed by atoms with Crippen LogP contribution in [0.4, 0.5) is 0 Å². The fraction of sp³-hybridized carbons (Fsp3) is 0.600. The zero-order valence-corrected chi connectivity index (χ0v) is 9.33. The minimum atomic E-state index is -0.246. The number of H-pyrrole nitrogens is 1. The molecule has 0 radical (unpaired) electrons. The van der Waals surface area contributed by atoms with Crippen LogP contribution in [0.1, 0.15) is 24.6 Å². The Bertz CT molecular complexity index is 322. The number of carbonyl (C=O) groups excluding carboxylic acids is 1. The van der Waals surface area contributed by atoms with Crippen molar-refractivity contribution in [3.63, 3.8) is 0 Å². The fourth-order valence-electron chi connectivity index (χ4n) is 1.32. The van der Waals surface area contributed by atoms with Crippen LogP contribution >= 0.6 is 0 Å². The summed E-state index contributed by atoms with van der Waals surface area (Å²) in [5, 5.41) is 9.89. The largest absolute Gasteiger partial charge is 0.468 e. The zero-order valence-electron chi connectivity index (χ0n) is 9.33. The van der Waals surface area contributed by atoms with E-state index in [-0.39, 0.29) is 12.0 Å². The maximum Gasteiger partial charge on any atom is 0.322 e. The molecule has 0 aliphatic rings. The summed E-state index contributed by atoms with van der Waals surface area (Å²) in [4.78, 5) is 11.3. The number of aromatic amines is 1. The Morgan fingerprint density at radius 1 is 1.73 bits per heavy atom. The molecular formula is C10H17N3O2. The van der Waals surface area contributed by atoms with Gasteiger partial charge in [-0.05, 0) is 13.3 Å². The van der Waals surface area contributed by atoms with Crippen molar-refractivity contribution in [3.8, 4) is 0 Å². The van der Waals surface area contributed by atoms with Crippen LogP contribution in [-0.4, -0.2) is 29.3 Å². The van der Waals surface area contributed by atoms with Crippen molar-refractivity contribution in [1.29, 1.82) is 0 Å². The minimum absolute atomic E-state index is 0.223. The van der Waals surface area contributed by atoms with E-state index in [1.807, 2.05) is 13.8 Å². The number of esters is 1. The van der Waals surface area contributed by atoms with Crippen LogP contribution in [0.3, 0.4) is 0 Å². The first-order valence-electron chi connectivity index (χ1n) is 4.99. The number of aromatic nitrogens is 2. The Morgan fingerprint density at radius 2 is 2.47 bits per heavy atom. The molecular weight excluding hydrogens is 194 g/mol. The van der Waals surface area contributed by atoms with E-state index in [0.717, 1.165) is 11.3 Å². The van der Waals surface area contributed by atoms with Gasteiger partial charge in [-0.1, -0.05) is 6.92 Å². The van der Waals surface area contributed by atoms with E-state index in [1.165, 1.54) is 7.11 Å². The maximum absolute atomic E-state index is 11.3. The second-order valence-electron chi connectivity index (χ2n) is 3.39. The summed E-state index contributed by atoms with van der Waals surface area (Å²) >= 11 is 0. The highest BCUT2D eigenvalue weighted by Gasteiger charge is 2.16. The lowest BCUT2D eigenvalue weighted by molar-refractivity contribution is -0.143. The summed E-state index contributed by atoms with van der Waals surface area (Å²) in [7, 11) is 1.40. The standard InChI is InChI=1S/C10H17N3O2/c1-4-9(10(14)15-3)11-5-8-6-12-13-7(8)2/h6,9,11H,4-5H2,1-3H3,(H,12,13). The molecule has 1 rings (SSSR count). The molecule has 1 aromatic heterocycles. The molecule has 0 aliphatic heterocycles. The molecule has 0 saturated carbocycles. The second-order valence-corrected chi connectivity index (χ2v) is 3.39. The lowest BCUT2D eigenvalue weighted by Gasteiger charge is -2.13. The molecule has 5 nitrogen and oxygen atoms in total. The summed E-state index contributed by atoms with van der Waals surface area (Å²) in [5.41, 5.74) is 2.08. The predicted octanol–water partition coefficient (Wildman–Crippen LogP) is 0.759. The average molecular weight is 211 g/mol. The predicted molar refractivity (Wildman–Crippen MR) is 56.3 cm³/mol. The lowest BCUT2D eigenvalue weighted by Crippen LogP contribution is -2.36. The first-order valence-corrected chi connectivity index (χ1v) is 4.99. The van der Waals surface area contributed by atoms with E-state index in [4.69, 9.17) is 0 Å². The van der Waals surface area contributed by atoms with Crippen LogP contribution in [0, 0.1) is 6.92 Å². The first-order chi connectivity index (χ1) is 7.19. The van der Waals surface area contributed by atoms with E-state index in [0.29, 0.717) is 13.0 Å². The molecule has 1 aromatic rings. The van der Waals surface area contributed by atoms with Crippen LogP contribution < -0.4 is 5.32 Å². The third-order valence-corrected chi connectivity index (χ3v) is 2.37. The fourth-order valence-corrected chi connectivity index (χ4v) is 1.32. The van der Waals surface area contributed by atoms with Gasteiger partial charge >= 0.3 is 5.97 Å². The van der Waals surface area contributed by atoms with E-state index >= 15 is 0 Å². The Hall–Kier alpha value is -1.36. The van der Waals surface area contributed by atoms with Crippen molar-refractivity contribution in [2.24, 2.45) is 0 Å². The molecule has 0 saturated heterocycles. The molecule has 1 unspecified atom stereocenters. The summed E-state index contributed by atoms with van der Waals surface area (Å²) in [6.07, 6.45) is 2.47. The number of nitrogens with zero attached hydrogens (tertiary/aromatic N) is 1. The van der Waals surface area contributed by atoms with Crippen LogP contribution in [-0.2, 0) is 16.1 Å². The average Bonchev–Trinajstić information content (AvgIpc) is 2.65. The number of ether oxygens (including phenoxy) is 1. The van der Waals surface area contributed by atoms with Crippen LogP contribution in [0.5, 0.6) is 0 Å². The van der Waals surface area contributed by atoms with E-state index in [9.17, 15) is 4.79 Å². The van der Waals surface area contributed by atoms with Gasteiger partial charge in [0.05, 0.1) is 13.3 Å². The van der Waals surface area contributed by atoms with Crippen molar-refractivity contribution >= 4 is 5.97 Å². The van der Waals surface area contributed by atoms with Crippen molar-refractivity contribution in [1.82, 2.24) is 15.5 Å². The van der Waals surface area contributed by atoms with Crippen molar-refractivity contribution in [3.05, 3.63) is 17.5 Å². The molecule has 0 aromatic carbocycles. The molecule has 1 heterocycles. The van der Waals surface area contributed by atoms with Gasteiger partial charge in [0.2, 0.25) is 0 Å². The van der Waals surface area contributed by atoms with Gasteiger partial charge in [-0.15, -0.1) is 0 Å². The lowest BCUT2D eigenvalue weighted by atomic mass is 10.2. The zero-order chi connectivity index (χ0) is 11.3. The molecule has 0 spiro atoms. The number of methoxy groups -OCH3 is 1. The van der Waals surface area contributed by atoms with Gasteiger partial charge in [0.25, 0.3) is 0 Å². The molecule has 0 amide bonds. The van der Waals surface area contributed by atoms with E-state index in [1.54, 1.807) is 6.20 Å². The molecule has 2 N–H and O–H groups in total. The normalized spacial score (nSPS) is 12.5. The van der Waals surface area contributed by atoms with Crippen molar-refractivity contribution in [2.75, 3.05) is 7.11 Å². The first kappa shape index (κ1) is 11.7. The van der Waals surface area contributed by atoms with Gasteiger partial charge in [-0.3, -0.25) is 9.89 Å². The summed E-state index contributed by atoms with van der Waals surface area (Å²) in [5.74, 6) is -0.223. The molecule has 15 heavy (non-hydrogen) atoms. The molecule has 5 heteroatoms. The molecule has 0 aliphatic carbocycles. The van der Waals surface area contributed by atoms with Gasteiger partial charge in [-0.25, -0.2) is 0 Å². The van der Waals surface area contributed by atoms with Gasteiger partial charge in [-0.2, -0.15) is 5.10 Å². The van der Waals surface area contributed by atoms with Crippen LogP contribution in [0.15, 0.2) is 6.20 Å². The number of aryl methyl sites for hydroxylation is 1. The number of rotatable bonds is 5. The van der Waals surface area contributed by atoms with Gasteiger partial charge in [0.15, 0.2) is 0 Å². The summed E-state index contributed by atoms with van der Waals surface area (Å²) < 4.78 is 4.68.